The second-order valence-corrected chi connectivity index (χ2v) is 8.12. The highest BCUT2D eigenvalue weighted by Crippen LogP contribution is 2.32. The van der Waals surface area contributed by atoms with Crippen molar-refractivity contribution in [2.75, 3.05) is 23.7 Å². The number of fused-ring (bicyclic) bond motifs is 4. The van der Waals surface area contributed by atoms with Crippen LogP contribution in [0.5, 0.6) is 0 Å². The molecular formula is C24H20F2N6O. The highest BCUT2D eigenvalue weighted by atomic mass is 19.1. The molecule has 0 saturated carbocycles. The van der Waals surface area contributed by atoms with Crippen molar-refractivity contribution in [2.24, 2.45) is 0 Å². The lowest BCUT2D eigenvalue weighted by Gasteiger charge is -2.16. The highest BCUT2D eigenvalue weighted by Gasteiger charge is 2.27. The SMILES string of the molecule is O=C(NC1=CCn2c1nc1c2NCCN1)c1cc2cc(F)ccc2n1Cc1cccc(F)c1. The van der Waals surface area contributed by atoms with Gasteiger partial charge < -0.3 is 25.1 Å². The molecule has 0 spiro atoms. The zero-order valence-corrected chi connectivity index (χ0v) is 17.5. The van der Waals surface area contributed by atoms with Gasteiger partial charge in [-0.3, -0.25) is 4.79 Å². The monoisotopic (exact) mass is 446 g/mol. The van der Waals surface area contributed by atoms with Gasteiger partial charge in [0.15, 0.2) is 17.5 Å². The summed E-state index contributed by atoms with van der Waals surface area (Å²) in [5, 5.41) is 10.2. The Balaban J connectivity index is 1.36. The highest BCUT2D eigenvalue weighted by molar-refractivity contribution is 6.02. The van der Waals surface area contributed by atoms with Crippen LogP contribution in [0.1, 0.15) is 21.9 Å². The second-order valence-electron chi connectivity index (χ2n) is 8.12. The number of benzene rings is 2. The number of carbonyl (C=O) groups excluding carboxylic acids is 1. The third-order valence-electron chi connectivity index (χ3n) is 5.97. The first-order valence-electron chi connectivity index (χ1n) is 10.7. The Hall–Kier alpha value is -4.14. The summed E-state index contributed by atoms with van der Waals surface area (Å²) in [7, 11) is 0. The first kappa shape index (κ1) is 19.5. The van der Waals surface area contributed by atoms with Gasteiger partial charge in [-0.15, -0.1) is 0 Å². The number of halogens is 2. The molecule has 4 aromatic rings. The summed E-state index contributed by atoms with van der Waals surface area (Å²) >= 11 is 0. The Labute approximate surface area is 187 Å². The van der Waals surface area contributed by atoms with E-state index in [9.17, 15) is 13.6 Å². The van der Waals surface area contributed by atoms with E-state index < -0.39 is 0 Å². The lowest BCUT2D eigenvalue weighted by molar-refractivity contribution is 0.0965. The average Bonchev–Trinajstić information content (AvgIpc) is 3.46. The van der Waals surface area contributed by atoms with Gasteiger partial charge in [0.25, 0.3) is 5.91 Å². The Bertz CT molecular complexity index is 1450. The van der Waals surface area contributed by atoms with Crippen LogP contribution in [0.4, 0.5) is 20.4 Å². The summed E-state index contributed by atoms with van der Waals surface area (Å²) in [5.74, 6) is 1.27. The molecule has 2 aliphatic heterocycles. The number of nitrogens with zero attached hydrogens (tertiary/aromatic N) is 3. The summed E-state index contributed by atoms with van der Waals surface area (Å²) in [5.41, 5.74) is 2.36. The topological polar surface area (TPSA) is 75.9 Å². The maximum atomic E-state index is 13.9. The number of hydrogen-bond donors (Lipinski definition) is 3. The van der Waals surface area contributed by atoms with Crippen molar-refractivity contribution in [1.82, 2.24) is 19.4 Å². The smallest absolute Gasteiger partial charge is 0.272 e. The maximum absolute atomic E-state index is 13.9. The van der Waals surface area contributed by atoms with Crippen LogP contribution in [0.15, 0.2) is 54.6 Å². The number of hydrogen-bond acceptors (Lipinski definition) is 4. The minimum absolute atomic E-state index is 0.269. The first-order valence-corrected chi connectivity index (χ1v) is 10.7. The molecule has 2 aromatic heterocycles. The van der Waals surface area contributed by atoms with Gasteiger partial charge in [0.05, 0.1) is 5.70 Å². The molecule has 33 heavy (non-hydrogen) atoms. The van der Waals surface area contributed by atoms with Crippen LogP contribution in [-0.2, 0) is 13.1 Å². The number of anilines is 2. The largest absolute Gasteiger partial charge is 0.367 e. The van der Waals surface area contributed by atoms with E-state index in [1.54, 1.807) is 28.8 Å². The van der Waals surface area contributed by atoms with Gasteiger partial charge in [0.2, 0.25) is 0 Å². The van der Waals surface area contributed by atoms with Crippen LogP contribution < -0.4 is 16.0 Å². The van der Waals surface area contributed by atoms with E-state index in [-0.39, 0.29) is 24.1 Å². The third kappa shape index (κ3) is 3.32. The predicted molar refractivity (Wildman–Crippen MR) is 122 cm³/mol. The van der Waals surface area contributed by atoms with Crippen molar-refractivity contribution >= 4 is 34.1 Å². The zero-order valence-electron chi connectivity index (χ0n) is 17.5. The first-order chi connectivity index (χ1) is 16.1. The van der Waals surface area contributed by atoms with E-state index in [0.29, 0.717) is 40.2 Å². The fourth-order valence-corrected chi connectivity index (χ4v) is 4.49. The number of nitrogens with one attached hydrogen (secondary N) is 3. The van der Waals surface area contributed by atoms with Gasteiger partial charge in [-0.05, 0) is 48.0 Å². The number of aromatic nitrogens is 3. The van der Waals surface area contributed by atoms with Crippen LogP contribution in [0, 0.1) is 11.6 Å². The van der Waals surface area contributed by atoms with Crippen molar-refractivity contribution in [2.45, 2.75) is 13.1 Å². The standard InChI is InChI=1S/C24H20F2N6O/c25-16-3-1-2-14(10-16)13-32-19-5-4-17(26)11-15(19)12-20(32)24(33)29-18-6-9-31-22(18)30-21-23(31)28-8-7-27-21/h1-6,10-12,27-28H,7-9,13H2,(H,29,33). The number of amides is 1. The fourth-order valence-electron chi connectivity index (χ4n) is 4.49. The molecule has 166 valence electrons. The van der Waals surface area contributed by atoms with Gasteiger partial charge in [-0.1, -0.05) is 12.1 Å². The van der Waals surface area contributed by atoms with Crippen molar-refractivity contribution in [1.29, 1.82) is 0 Å². The van der Waals surface area contributed by atoms with E-state index in [1.807, 2.05) is 10.6 Å². The summed E-state index contributed by atoms with van der Waals surface area (Å²) in [6, 6.07) is 12.3. The van der Waals surface area contributed by atoms with Gasteiger partial charge in [-0.25, -0.2) is 13.8 Å². The summed E-state index contributed by atoms with van der Waals surface area (Å²) in [6.07, 6.45) is 1.91. The molecule has 0 saturated heterocycles. The Morgan fingerprint density at radius 2 is 1.91 bits per heavy atom. The molecule has 9 heteroatoms. The molecule has 2 aromatic carbocycles. The number of allylic oxidation sites excluding steroid dienone is 1. The van der Waals surface area contributed by atoms with E-state index in [0.717, 1.165) is 24.7 Å². The molecule has 1 amide bonds. The summed E-state index contributed by atoms with van der Waals surface area (Å²) < 4.78 is 31.4. The van der Waals surface area contributed by atoms with Crippen LogP contribution >= 0.6 is 0 Å². The van der Waals surface area contributed by atoms with Crippen molar-refractivity contribution < 1.29 is 13.6 Å². The minimum atomic E-state index is -0.386. The number of carbonyl (C=O) groups is 1. The van der Waals surface area contributed by atoms with Gasteiger partial charge >= 0.3 is 0 Å². The fraction of sp³-hybridized carbons (Fsp3) is 0.167. The third-order valence-corrected chi connectivity index (χ3v) is 5.97. The Morgan fingerprint density at radius 1 is 1.06 bits per heavy atom. The Morgan fingerprint density at radius 3 is 2.79 bits per heavy atom. The molecule has 0 unspecified atom stereocenters. The van der Waals surface area contributed by atoms with Gasteiger partial charge in [0.1, 0.15) is 17.3 Å². The molecule has 0 radical (unpaired) electrons. The molecule has 0 atom stereocenters. The quantitative estimate of drug-likeness (QED) is 0.446. The minimum Gasteiger partial charge on any atom is -0.367 e. The summed E-state index contributed by atoms with van der Waals surface area (Å²) in [6.45, 7) is 2.45. The Kier molecular flexibility index (Phi) is 4.42. The predicted octanol–water partition coefficient (Wildman–Crippen LogP) is 3.79. The van der Waals surface area contributed by atoms with Crippen molar-refractivity contribution in [3.05, 3.63) is 83.3 Å². The molecule has 0 bridgehead atoms. The molecule has 4 heterocycles. The summed E-state index contributed by atoms with van der Waals surface area (Å²) in [4.78, 5) is 18.0. The van der Waals surface area contributed by atoms with Crippen molar-refractivity contribution in [3.8, 4) is 0 Å². The molecule has 7 nitrogen and oxygen atoms in total. The number of rotatable bonds is 4. The van der Waals surface area contributed by atoms with Crippen LogP contribution in [-0.4, -0.2) is 33.1 Å². The van der Waals surface area contributed by atoms with E-state index in [2.05, 4.69) is 20.9 Å². The second kappa shape index (κ2) is 7.47. The lowest BCUT2D eigenvalue weighted by atomic mass is 10.2. The average molecular weight is 446 g/mol. The van der Waals surface area contributed by atoms with Crippen LogP contribution in [0.2, 0.25) is 0 Å². The lowest BCUT2D eigenvalue weighted by Crippen LogP contribution is -2.25. The molecule has 6 rings (SSSR count). The van der Waals surface area contributed by atoms with Gasteiger partial charge in [0, 0.05) is 37.1 Å². The maximum Gasteiger partial charge on any atom is 0.272 e. The molecule has 0 fully saturated rings. The zero-order chi connectivity index (χ0) is 22.5. The van der Waals surface area contributed by atoms with Crippen molar-refractivity contribution in [3.63, 3.8) is 0 Å². The molecule has 0 aliphatic carbocycles. The van der Waals surface area contributed by atoms with E-state index in [1.165, 1.54) is 24.3 Å². The number of imidazole rings is 1. The van der Waals surface area contributed by atoms with E-state index in [4.69, 9.17) is 0 Å². The molecule has 3 N–H and O–H groups in total. The molecule has 2 aliphatic rings. The van der Waals surface area contributed by atoms with E-state index >= 15 is 0 Å². The van der Waals surface area contributed by atoms with Gasteiger partial charge in [-0.2, -0.15) is 0 Å². The van der Waals surface area contributed by atoms with Crippen LogP contribution in [0.3, 0.4) is 0 Å². The van der Waals surface area contributed by atoms with Crippen LogP contribution in [0.25, 0.3) is 16.6 Å². The molecular weight excluding hydrogens is 426 g/mol. The normalized spacial score (nSPS) is 14.3.